The molecular formula is C25H23ClN6O3. The van der Waals surface area contributed by atoms with Crippen molar-refractivity contribution in [2.45, 2.75) is 25.9 Å². The van der Waals surface area contributed by atoms with Crippen LogP contribution in [0.25, 0.3) is 33.5 Å². The third-order valence-electron chi connectivity index (χ3n) is 5.57. The molecule has 35 heavy (non-hydrogen) atoms. The van der Waals surface area contributed by atoms with Crippen molar-refractivity contribution in [3.8, 4) is 11.3 Å². The molecule has 5 aromatic rings. The second kappa shape index (κ2) is 10.0. The van der Waals surface area contributed by atoms with E-state index in [1.807, 2.05) is 59.2 Å². The second-order valence-corrected chi connectivity index (χ2v) is 8.37. The fourth-order valence-electron chi connectivity index (χ4n) is 3.82. The van der Waals surface area contributed by atoms with E-state index in [2.05, 4.69) is 20.3 Å². The number of aromatic nitrogens is 4. The monoisotopic (exact) mass is 490 g/mol. The summed E-state index contributed by atoms with van der Waals surface area (Å²) in [4.78, 5) is 24.4. The number of ether oxygens (including phenoxy) is 1. The van der Waals surface area contributed by atoms with Crippen LogP contribution in [0.3, 0.4) is 0 Å². The van der Waals surface area contributed by atoms with Gasteiger partial charge in [0.05, 0.1) is 12.9 Å². The van der Waals surface area contributed by atoms with Gasteiger partial charge in [-0.3, -0.25) is 0 Å². The summed E-state index contributed by atoms with van der Waals surface area (Å²) in [5.41, 5.74) is 9.72. The average molecular weight is 491 g/mol. The normalized spacial score (nSPS) is 11.2. The standard InChI is InChI=1S/C25H23ClN6O3/c26-24-30-22(27)21-23(31-24)32(15-29-21)10-4-5-11-34-25(33)28-14-16-8-9-19-18(12-16)13-20(35-19)17-6-2-1-3-7-17/h1-3,6-9,12-13,15H,4-5,10-11,14H2,(H,28,33)(H2,27,30,31). The van der Waals surface area contributed by atoms with Crippen LogP contribution >= 0.6 is 11.6 Å². The molecule has 2 aromatic carbocycles. The molecule has 0 atom stereocenters. The quantitative estimate of drug-likeness (QED) is 0.227. The number of imidazole rings is 1. The molecule has 3 N–H and O–H groups in total. The minimum Gasteiger partial charge on any atom is -0.456 e. The lowest BCUT2D eigenvalue weighted by Gasteiger charge is -2.08. The van der Waals surface area contributed by atoms with E-state index in [1.54, 1.807) is 6.33 Å². The number of furan rings is 1. The number of aryl methyl sites for hydroxylation is 1. The first-order valence-corrected chi connectivity index (χ1v) is 11.6. The predicted molar refractivity (Wildman–Crippen MR) is 134 cm³/mol. The number of alkyl carbamates (subject to hydrolysis) is 1. The summed E-state index contributed by atoms with van der Waals surface area (Å²) >= 11 is 5.89. The lowest BCUT2D eigenvalue weighted by Crippen LogP contribution is -2.24. The Morgan fingerprint density at radius 3 is 2.83 bits per heavy atom. The molecule has 178 valence electrons. The summed E-state index contributed by atoms with van der Waals surface area (Å²) < 4.78 is 13.1. The highest BCUT2D eigenvalue weighted by atomic mass is 35.5. The Morgan fingerprint density at radius 2 is 1.97 bits per heavy atom. The van der Waals surface area contributed by atoms with Crippen LogP contribution in [-0.4, -0.2) is 32.2 Å². The van der Waals surface area contributed by atoms with Gasteiger partial charge in [0.15, 0.2) is 11.5 Å². The molecule has 0 spiro atoms. The maximum absolute atomic E-state index is 12.1. The smallest absolute Gasteiger partial charge is 0.407 e. The fraction of sp³-hybridized carbons (Fsp3) is 0.200. The first-order valence-electron chi connectivity index (χ1n) is 11.2. The van der Waals surface area contributed by atoms with Crippen LogP contribution in [0.2, 0.25) is 5.28 Å². The summed E-state index contributed by atoms with van der Waals surface area (Å²) in [5.74, 6) is 1.06. The Labute approximate surface area is 205 Å². The summed E-state index contributed by atoms with van der Waals surface area (Å²) in [6.45, 7) is 1.31. The van der Waals surface area contributed by atoms with Crippen molar-refractivity contribution in [3.63, 3.8) is 0 Å². The Morgan fingerprint density at radius 1 is 1.11 bits per heavy atom. The van der Waals surface area contributed by atoms with E-state index in [-0.39, 0.29) is 11.1 Å². The number of carbonyl (C=O) groups is 1. The maximum Gasteiger partial charge on any atom is 0.407 e. The van der Waals surface area contributed by atoms with Gasteiger partial charge in [-0.15, -0.1) is 0 Å². The van der Waals surface area contributed by atoms with Crippen molar-refractivity contribution >= 4 is 45.6 Å². The molecule has 0 aliphatic rings. The maximum atomic E-state index is 12.1. The van der Waals surface area contributed by atoms with Gasteiger partial charge < -0.3 is 24.8 Å². The number of amides is 1. The van der Waals surface area contributed by atoms with Crippen LogP contribution in [0.1, 0.15) is 18.4 Å². The molecule has 1 amide bonds. The van der Waals surface area contributed by atoms with Crippen molar-refractivity contribution < 1.29 is 13.9 Å². The van der Waals surface area contributed by atoms with Gasteiger partial charge in [0.1, 0.15) is 16.9 Å². The van der Waals surface area contributed by atoms with Gasteiger partial charge in [0.25, 0.3) is 0 Å². The summed E-state index contributed by atoms with van der Waals surface area (Å²) in [5, 5.41) is 3.86. The number of fused-ring (bicyclic) bond motifs is 2. The molecule has 0 unspecified atom stereocenters. The summed E-state index contributed by atoms with van der Waals surface area (Å²) in [6, 6.07) is 17.8. The van der Waals surface area contributed by atoms with E-state index < -0.39 is 6.09 Å². The van der Waals surface area contributed by atoms with Crippen molar-refractivity contribution in [1.82, 2.24) is 24.8 Å². The Hall–Kier alpha value is -4.11. The summed E-state index contributed by atoms with van der Waals surface area (Å²) in [7, 11) is 0. The van der Waals surface area contributed by atoms with Gasteiger partial charge in [0.2, 0.25) is 5.28 Å². The number of nitrogen functional groups attached to an aromatic ring is 1. The Balaban J connectivity index is 1.07. The molecule has 0 radical (unpaired) electrons. The van der Waals surface area contributed by atoms with E-state index in [9.17, 15) is 4.79 Å². The number of nitrogens with two attached hydrogens (primary N) is 1. The van der Waals surface area contributed by atoms with Gasteiger partial charge in [-0.05, 0) is 48.2 Å². The van der Waals surface area contributed by atoms with Gasteiger partial charge in [-0.25, -0.2) is 9.78 Å². The number of hydrogen-bond donors (Lipinski definition) is 2. The largest absolute Gasteiger partial charge is 0.456 e. The highest BCUT2D eigenvalue weighted by Crippen LogP contribution is 2.28. The van der Waals surface area contributed by atoms with Gasteiger partial charge in [-0.1, -0.05) is 36.4 Å². The second-order valence-electron chi connectivity index (χ2n) is 8.03. The minimum atomic E-state index is -0.456. The lowest BCUT2D eigenvalue weighted by molar-refractivity contribution is 0.143. The molecule has 3 heterocycles. The SMILES string of the molecule is Nc1nc(Cl)nc2c1ncn2CCCCOC(=O)NCc1ccc2oc(-c3ccccc3)cc2c1. The molecule has 10 heteroatoms. The highest BCUT2D eigenvalue weighted by Gasteiger charge is 2.11. The number of benzene rings is 2. The zero-order chi connectivity index (χ0) is 24.2. The van der Waals surface area contributed by atoms with E-state index in [1.165, 1.54) is 0 Å². The van der Waals surface area contributed by atoms with Crippen molar-refractivity contribution in [2.24, 2.45) is 0 Å². The zero-order valence-corrected chi connectivity index (χ0v) is 19.5. The Kier molecular flexibility index (Phi) is 6.49. The van der Waals surface area contributed by atoms with Gasteiger partial charge >= 0.3 is 6.09 Å². The van der Waals surface area contributed by atoms with Crippen LogP contribution < -0.4 is 11.1 Å². The first kappa shape index (κ1) is 22.7. The van der Waals surface area contributed by atoms with Gasteiger partial charge in [-0.2, -0.15) is 9.97 Å². The van der Waals surface area contributed by atoms with Crippen LogP contribution in [0.4, 0.5) is 10.6 Å². The molecule has 0 fully saturated rings. The number of hydrogen-bond acceptors (Lipinski definition) is 7. The van der Waals surface area contributed by atoms with E-state index in [4.69, 9.17) is 26.5 Å². The minimum absolute atomic E-state index is 0.0836. The van der Waals surface area contributed by atoms with Crippen LogP contribution in [0.5, 0.6) is 0 Å². The van der Waals surface area contributed by atoms with E-state index in [0.717, 1.165) is 34.3 Å². The third-order valence-corrected chi connectivity index (χ3v) is 5.73. The number of halogens is 1. The highest BCUT2D eigenvalue weighted by molar-refractivity contribution is 6.28. The summed E-state index contributed by atoms with van der Waals surface area (Å²) in [6.07, 6.45) is 2.65. The molecule has 0 aliphatic carbocycles. The first-order chi connectivity index (χ1) is 17.1. The van der Waals surface area contributed by atoms with Crippen molar-refractivity contribution in [1.29, 1.82) is 0 Å². The van der Waals surface area contributed by atoms with Crippen LogP contribution in [0, 0.1) is 0 Å². The molecule has 0 saturated carbocycles. The molecule has 0 aliphatic heterocycles. The predicted octanol–water partition coefficient (Wildman–Crippen LogP) is 5.18. The molecule has 9 nitrogen and oxygen atoms in total. The molecular weight excluding hydrogens is 468 g/mol. The lowest BCUT2D eigenvalue weighted by atomic mass is 10.1. The topological polar surface area (TPSA) is 121 Å². The van der Waals surface area contributed by atoms with Crippen LogP contribution in [-0.2, 0) is 17.8 Å². The number of unbranched alkanes of at least 4 members (excludes halogenated alkanes) is 1. The Bertz CT molecular complexity index is 1480. The van der Waals surface area contributed by atoms with E-state index >= 15 is 0 Å². The molecule has 5 rings (SSSR count). The molecule has 3 aromatic heterocycles. The number of carbonyl (C=O) groups excluding carboxylic acids is 1. The molecule has 0 bridgehead atoms. The van der Waals surface area contributed by atoms with Crippen molar-refractivity contribution in [2.75, 3.05) is 12.3 Å². The van der Waals surface area contributed by atoms with Gasteiger partial charge in [0, 0.05) is 24.0 Å². The average Bonchev–Trinajstić information content (AvgIpc) is 3.47. The number of nitrogens with zero attached hydrogens (tertiary/aromatic N) is 4. The number of rotatable bonds is 8. The number of anilines is 1. The fourth-order valence-corrected chi connectivity index (χ4v) is 4.00. The zero-order valence-electron chi connectivity index (χ0n) is 18.8. The van der Waals surface area contributed by atoms with E-state index in [0.29, 0.717) is 37.3 Å². The number of nitrogens with one attached hydrogen (secondary N) is 1. The van der Waals surface area contributed by atoms with Crippen LogP contribution in [0.15, 0.2) is 65.3 Å². The third kappa shape index (κ3) is 5.20. The molecule has 0 saturated heterocycles. The van der Waals surface area contributed by atoms with Crippen molar-refractivity contribution in [3.05, 3.63) is 71.8 Å².